The summed E-state index contributed by atoms with van der Waals surface area (Å²) >= 11 is 0. The number of ether oxygens (including phenoxy) is 2. The maximum absolute atomic E-state index is 12.1. The van der Waals surface area contributed by atoms with E-state index < -0.39 is 0 Å². The zero-order valence-electron chi connectivity index (χ0n) is 11.4. The van der Waals surface area contributed by atoms with Gasteiger partial charge < -0.3 is 20.5 Å². The van der Waals surface area contributed by atoms with E-state index in [9.17, 15) is 4.79 Å². The van der Waals surface area contributed by atoms with Crippen molar-refractivity contribution in [3.05, 3.63) is 23.1 Å². The maximum Gasteiger partial charge on any atom is 0.247 e. The maximum atomic E-state index is 12.1. The largest absolute Gasteiger partial charge is 0.495 e. The van der Waals surface area contributed by atoms with Gasteiger partial charge in [0.05, 0.1) is 12.8 Å². The second-order valence-corrected chi connectivity index (χ2v) is 5.03. The highest BCUT2D eigenvalue weighted by Crippen LogP contribution is 2.21. The lowest BCUT2D eigenvalue weighted by Crippen LogP contribution is -2.33. The summed E-state index contributed by atoms with van der Waals surface area (Å²) in [5.41, 5.74) is 7.27. The predicted molar refractivity (Wildman–Crippen MR) is 72.1 cm³/mol. The van der Waals surface area contributed by atoms with Crippen LogP contribution in [0.5, 0.6) is 0 Å². The van der Waals surface area contributed by atoms with E-state index >= 15 is 0 Å². The molecule has 0 bridgehead atoms. The molecule has 0 unspecified atom stereocenters. The van der Waals surface area contributed by atoms with Crippen molar-refractivity contribution in [1.29, 1.82) is 0 Å². The van der Waals surface area contributed by atoms with Gasteiger partial charge in [-0.2, -0.15) is 0 Å². The van der Waals surface area contributed by atoms with Gasteiger partial charge in [0.15, 0.2) is 0 Å². The first-order valence-electron chi connectivity index (χ1n) is 6.80. The van der Waals surface area contributed by atoms with Gasteiger partial charge >= 0.3 is 0 Å². The number of carbonyl (C=O) groups is 1. The fourth-order valence-corrected chi connectivity index (χ4v) is 2.39. The standard InChI is InChI=1S/C14H22N2O3/c1-18-13-8-11(2-3-12(13)15)14(17)16-9-10-4-6-19-7-5-10/h8,10H,2-7,9,15H2,1H3,(H,16,17). The highest BCUT2D eigenvalue weighted by atomic mass is 16.5. The van der Waals surface area contributed by atoms with Gasteiger partial charge in [0.25, 0.3) is 0 Å². The molecule has 1 fully saturated rings. The summed E-state index contributed by atoms with van der Waals surface area (Å²) in [4.78, 5) is 12.1. The molecule has 0 saturated carbocycles. The van der Waals surface area contributed by atoms with Crippen LogP contribution in [-0.2, 0) is 14.3 Å². The molecule has 2 aliphatic rings. The minimum absolute atomic E-state index is 0.00598. The minimum Gasteiger partial charge on any atom is -0.495 e. The van der Waals surface area contributed by atoms with Crippen LogP contribution in [0, 0.1) is 5.92 Å². The Bertz CT molecular complexity index is 395. The van der Waals surface area contributed by atoms with Crippen molar-refractivity contribution in [2.45, 2.75) is 25.7 Å². The van der Waals surface area contributed by atoms with Crippen LogP contribution in [0.2, 0.25) is 0 Å². The molecule has 0 aromatic carbocycles. The third kappa shape index (κ3) is 3.73. The van der Waals surface area contributed by atoms with Gasteiger partial charge in [-0.05, 0) is 37.7 Å². The average molecular weight is 266 g/mol. The van der Waals surface area contributed by atoms with Gasteiger partial charge in [0, 0.05) is 25.3 Å². The van der Waals surface area contributed by atoms with Gasteiger partial charge in [0.1, 0.15) is 5.76 Å². The van der Waals surface area contributed by atoms with Crippen molar-refractivity contribution >= 4 is 5.91 Å². The quantitative estimate of drug-likeness (QED) is 0.798. The second-order valence-electron chi connectivity index (χ2n) is 5.03. The molecule has 0 radical (unpaired) electrons. The summed E-state index contributed by atoms with van der Waals surface area (Å²) in [5, 5.41) is 3.00. The van der Waals surface area contributed by atoms with Crippen LogP contribution in [0.15, 0.2) is 23.1 Å². The van der Waals surface area contributed by atoms with Crippen molar-refractivity contribution in [2.24, 2.45) is 11.7 Å². The lowest BCUT2D eigenvalue weighted by atomic mass is 9.98. The Morgan fingerprint density at radius 2 is 2.21 bits per heavy atom. The molecule has 19 heavy (non-hydrogen) atoms. The van der Waals surface area contributed by atoms with Crippen molar-refractivity contribution < 1.29 is 14.3 Å². The summed E-state index contributed by atoms with van der Waals surface area (Å²) in [6.45, 7) is 2.33. The van der Waals surface area contributed by atoms with Crippen LogP contribution in [-0.4, -0.2) is 32.8 Å². The third-order valence-electron chi connectivity index (χ3n) is 3.69. The van der Waals surface area contributed by atoms with E-state index in [2.05, 4.69) is 5.32 Å². The van der Waals surface area contributed by atoms with E-state index in [-0.39, 0.29) is 5.91 Å². The van der Waals surface area contributed by atoms with E-state index in [1.54, 1.807) is 13.2 Å². The molecule has 1 saturated heterocycles. The monoisotopic (exact) mass is 266 g/mol. The fraction of sp³-hybridized carbons (Fsp3) is 0.643. The Balaban J connectivity index is 1.86. The van der Waals surface area contributed by atoms with Gasteiger partial charge in [-0.25, -0.2) is 0 Å². The first-order chi connectivity index (χ1) is 9.20. The van der Waals surface area contributed by atoms with Gasteiger partial charge in [-0.15, -0.1) is 0 Å². The van der Waals surface area contributed by atoms with Crippen molar-refractivity contribution in [3.8, 4) is 0 Å². The van der Waals surface area contributed by atoms with Crippen LogP contribution in [0.25, 0.3) is 0 Å². The van der Waals surface area contributed by atoms with E-state index in [0.717, 1.165) is 38.2 Å². The van der Waals surface area contributed by atoms with Crippen LogP contribution < -0.4 is 11.1 Å². The summed E-state index contributed by atoms with van der Waals surface area (Å²) in [7, 11) is 1.57. The zero-order valence-corrected chi connectivity index (χ0v) is 11.4. The third-order valence-corrected chi connectivity index (χ3v) is 3.69. The number of rotatable bonds is 4. The molecular weight excluding hydrogens is 244 g/mol. The highest BCUT2D eigenvalue weighted by molar-refractivity contribution is 5.94. The first-order valence-corrected chi connectivity index (χ1v) is 6.80. The SMILES string of the molecule is COC1=C(N)CCC(C(=O)NCC2CCOCC2)=C1. The zero-order chi connectivity index (χ0) is 13.7. The lowest BCUT2D eigenvalue weighted by Gasteiger charge is -2.23. The molecule has 106 valence electrons. The van der Waals surface area contributed by atoms with Crippen molar-refractivity contribution in [3.63, 3.8) is 0 Å². The molecule has 5 nitrogen and oxygen atoms in total. The molecule has 1 aliphatic carbocycles. The van der Waals surface area contributed by atoms with Crippen LogP contribution in [0.1, 0.15) is 25.7 Å². The molecule has 1 heterocycles. The Kier molecular flexibility index (Phi) is 4.85. The smallest absolute Gasteiger partial charge is 0.247 e. The average Bonchev–Trinajstić information content (AvgIpc) is 2.46. The topological polar surface area (TPSA) is 73.6 Å². The van der Waals surface area contributed by atoms with E-state index in [4.69, 9.17) is 15.2 Å². The normalized spacial score (nSPS) is 21.0. The molecule has 0 spiro atoms. The number of amides is 1. The fourth-order valence-electron chi connectivity index (χ4n) is 2.39. The van der Waals surface area contributed by atoms with Gasteiger partial charge in [-0.3, -0.25) is 4.79 Å². The molecule has 0 atom stereocenters. The number of nitrogens with two attached hydrogens (primary N) is 1. The Morgan fingerprint density at radius 3 is 2.89 bits per heavy atom. The van der Waals surface area contributed by atoms with Crippen LogP contribution in [0.3, 0.4) is 0 Å². The van der Waals surface area contributed by atoms with Crippen LogP contribution >= 0.6 is 0 Å². The number of hydrogen-bond acceptors (Lipinski definition) is 4. The van der Waals surface area contributed by atoms with Crippen molar-refractivity contribution in [1.82, 2.24) is 5.32 Å². The molecule has 0 aromatic rings. The second kappa shape index (κ2) is 6.61. The van der Waals surface area contributed by atoms with Crippen molar-refractivity contribution in [2.75, 3.05) is 26.9 Å². The Morgan fingerprint density at radius 1 is 1.47 bits per heavy atom. The first kappa shape index (κ1) is 13.9. The predicted octanol–water partition coefficient (Wildman–Crippen LogP) is 1.07. The molecular formula is C14H22N2O3. The minimum atomic E-state index is -0.00598. The van der Waals surface area contributed by atoms with E-state index in [1.807, 2.05) is 0 Å². The molecule has 3 N–H and O–H groups in total. The number of carbonyl (C=O) groups excluding carboxylic acids is 1. The summed E-state index contributed by atoms with van der Waals surface area (Å²) in [6.07, 6.45) is 5.15. The number of allylic oxidation sites excluding steroid dienone is 2. The van der Waals surface area contributed by atoms with Crippen LogP contribution in [0.4, 0.5) is 0 Å². The highest BCUT2D eigenvalue weighted by Gasteiger charge is 2.19. The molecule has 2 rings (SSSR count). The summed E-state index contributed by atoms with van der Waals surface area (Å²) in [6, 6.07) is 0. The van der Waals surface area contributed by atoms with Gasteiger partial charge in [0.2, 0.25) is 5.91 Å². The molecule has 5 heteroatoms. The summed E-state index contributed by atoms with van der Waals surface area (Å²) in [5.74, 6) is 1.14. The molecule has 1 amide bonds. The Hall–Kier alpha value is -1.49. The Labute approximate surface area is 113 Å². The van der Waals surface area contributed by atoms with Gasteiger partial charge in [-0.1, -0.05) is 0 Å². The molecule has 0 aromatic heterocycles. The number of nitrogens with one attached hydrogen (secondary N) is 1. The summed E-state index contributed by atoms with van der Waals surface area (Å²) < 4.78 is 10.5. The number of hydrogen-bond donors (Lipinski definition) is 2. The van der Waals surface area contributed by atoms with E-state index in [1.165, 1.54) is 0 Å². The lowest BCUT2D eigenvalue weighted by molar-refractivity contribution is -0.118. The molecule has 1 aliphatic heterocycles. The number of methoxy groups -OCH3 is 1. The van der Waals surface area contributed by atoms with E-state index in [0.29, 0.717) is 30.2 Å².